The van der Waals surface area contributed by atoms with Gasteiger partial charge in [-0.3, -0.25) is 0 Å². The second-order valence-corrected chi connectivity index (χ2v) is 15.2. The summed E-state index contributed by atoms with van der Waals surface area (Å²) >= 11 is 1.66. The van der Waals surface area contributed by atoms with E-state index in [4.69, 9.17) is 7.73 Å². The summed E-state index contributed by atoms with van der Waals surface area (Å²) in [5.41, 5.74) is 13.6. The third-order valence-corrected chi connectivity index (χ3v) is 12.1. The number of rotatable bonds is 4. The summed E-state index contributed by atoms with van der Waals surface area (Å²) < 4.78 is 19.2. The second kappa shape index (κ2) is 10.8. The van der Waals surface area contributed by atoms with Crippen LogP contribution in [-0.2, 0) is 11.8 Å². The summed E-state index contributed by atoms with van der Waals surface area (Å²) in [6, 6.07) is 44.3. The molecule has 4 heteroatoms. The van der Waals surface area contributed by atoms with Crippen LogP contribution in [0.1, 0.15) is 61.8 Å². The molecule has 2 aromatic heterocycles. The number of fused-ring (bicyclic) bond motifs is 9. The lowest BCUT2D eigenvalue weighted by Crippen LogP contribution is -2.26. The Kier molecular flexibility index (Phi) is 5.90. The molecule has 1 aliphatic heterocycles. The van der Waals surface area contributed by atoms with E-state index in [0.29, 0.717) is 11.3 Å². The minimum Gasteiger partial charge on any atom is -0.359 e. The third-order valence-electron chi connectivity index (χ3n) is 10.9. The maximum atomic E-state index is 9.01. The highest BCUT2D eigenvalue weighted by atomic mass is 32.1. The van der Waals surface area contributed by atoms with E-state index in [1.54, 1.807) is 11.3 Å². The smallest absolute Gasteiger partial charge is 0.132 e. The second-order valence-electron chi connectivity index (χ2n) is 14.2. The van der Waals surface area contributed by atoms with Crippen LogP contribution < -0.4 is 10.2 Å². The number of nitrogens with one attached hydrogen (secondary N) is 1. The van der Waals surface area contributed by atoms with E-state index in [1.807, 2.05) is 36.4 Å². The van der Waals surface area contributed by atoms with Gasteiger partial charge < -0.3 is 10.2 Å². The van der Waals surface area contributed by atoms with Crippen molar-refractivity contribution in [1.29, 1.82) is 0 Å². The summed E-state index contributed by atoms with van der Waals surface area (Å²) in [6.07, 6.45) is -1.90. The SMILES string of the molecule is [2H]C([2H])(c1ccccc1)c1ccc2c(n1)sc1c(C3Nc4c(ccc5ccccc45)N3c3c(C)cc4c(c3C)C(C)(C)c3ccccc3-4)cccc12. The zero-order chi connectivity index (χ0) is 35.5. The van der Waals surface area contributed by atoms with Gasteiger partial charge >= 0.3 is 0 Å². The van der Waals surface area contributed by atoms with E-state index in [1.165, 1.54) is 55.4 Å². The lowest BCUT2D eigenvalue weighted by molar-refractivity contribution is 0.654. The molecule has 6 aromatic carbocycles. The molecule has 0 saturated heterocycles. The monoisotopic (exact) mass is 665 g/mol. The topological polar surface area (TPSA) is 28.2 Å². The van der Waals surface area contributed by atoms with Crippen LogP contribution in [0.3, 0.4) is 0 Å². The first-order valence-corrected chi connectivity index (χ1v) is 18.2. The van der Waals surface area contributed by atoms with E-state index in [9.17, 15) is 0 Å². The molecule has 0 spiro atoms. The van der Waals surface area contributed by atoms with E-state index < -0.39 is 6.37 Å². The summed E-state index contributed by atoms with van der Waals surface area (Å²) in [4.78, 5) is 8.38. The summed E-state index contributed by atoms with van der Waals surface area (Å²) in [5, 5.41) is 8.64. The highest BCUT2D eigenvalue weighted by Crippen LogP contribution is 2.57. The molecule has 242 valence electrons. The first-order valence-electron chi connectivity index (χ1n) is 18.3. The molecule has 1 atom stereocenters. The first-order chi connectivity index (χ1) is 25.1. The predicted molar refractivity (Wildman–Crippen MR) is 212 cm³/mol. The summed E-state index contributed by atoms with van der Waals surface area (Å²) in [5.74, 6) is 0. The molecule has 0 radical (unpaired) electrons. The van der Waals surface area contributed by atoms with Crippen LogP contribution in [0.4, 0.5) is 17.1 Å². The van der Waals surface area contributed by atoms with Crippen LogP contribution in [0.2, 0.25) is 0 Å². The van der Waals surface area contributed by atoms with Gasteiger partial charge in [-0.25, -0.2) is 4.98 Å². The molecule has 10 rings (SSSR count). The standard InChI is InChI=1S/C46H37N3S/c1-27-25-37-33-17-10-11-20-38(33)46(3,4)40(37)28(2)42(27)49-39-24-21-30-15-8-9-16-32(30)41(39)48-44(49)36-19-12-18-34-35-23-22-31(47-45(35)50-43(34)36)26-29-13-6-5-7-14-29/h5-25,44,48H,26H2,1-4H3/i26D2. The Balaban J connectivity index is 1.19. The summed E-state index contributed by atoms with van der Waals surface area (Å²) in [7, 11) is 0. The predicted octanol–water partition coefficient (Wildman–Crippen LogP) is 12.4. The van der Waals surface area contributed by atoms with Crippen LogP contribution in [0.25, 0.3) is 42.2 Å². The zero-order valence-corrected chi connectivity index (χ0v) is 29.3. The number of hydrogen-bond donors (Lipinski definition) is 1. The summed E-state index contributed by atoms with van der Waals surface area (Å²) in [6.45, 7) is 9.31. The van der Waals surface area contributed by atoms with E-state index in [-0.39, 0.29) is 11.6 Å². The molecule has 8 aromatic rings. The highest BCUT2D eigenvalue weighted by Gasteiger charge is 2.41. The van der Waals surface area contributed by atoms with Crippen molar-refractivity contribution in [1.82, 2.24) is 4.98 Å². The molecule has 0 bridgehead atoms. The molecule has 1 aliphatic carbocycles. The van der Waals surface area contributed by atoms with Crippen molar-refractivity contribution in [3.05, 3.63) is 166 Å². The average Bonchev–Trinajstić information content (AvgIpc) is 3.80. The Bertz CT molecular complexity index is 2770. The van der Waals surface area contributed by atoms with Gasteiger partial charge in [-0.05, 0) is 82.4 Å². The maximum Gasteiger partial charge on any atom is 0.132 e. The quantitative estimate of drug-likeness (QED) is 0.203. The molecule has 1 N–H and O–H groups in total. The number of hydrogen-bond acceptors (Lipinski definition) is 4. The molecular formula is C46H37N3S. The van der Waals surface area contributed by atoms with Crippen LogP contribution in [0.5, 0.6) is 0 Å². The lowest BCUT2D eigenvalue weighted by atomic mass is 9.79. The minimum atomic E-state index is -1.71. The maximum absolute atomic E-state index is 9.01. The van der Waals surface area contributed by atoms with E-state index in [2.05, 4.69) is 129 Å². The number of anilines is 3. The number of benzene rings is 6. The number of nitrogens with zero attached hydrogens (tertiary/aromatic N) is 2. The number of pyridine rings is 1. The zero-order valence-electron chi connectivity index (χ0n) is 30.5. The number of thiophene rings is 1. The fourth-order valence-corrected chi connectivity index (χ4v) is 10.0. The van der Waals surface area contributed by atoms with Crippen molar-refractivity contribution in [2.24, 2.45) is 0 Å². The molecule has 0 amide bonds. The normalized spacial score (nSPS) is 16.6. The molecule has 3 heterocycles. The number of aryl methyl sites for hydroxylation is 1. The van der Waals surface area contributed by atoms with Crippen molar-refractivity contribution in [3.63, 3.8) is 0 Å². The van der Waals surface area contributed by atoms with Crippen molar-refractivity contribution in [2.45, 2.75) is 45.6 Å². The van der Waals surface area contributed by atoms with Crippen molar-refractivity contribution in [3.8, 4) is 11.1 Å². The Hall–Kier alpha value is -5.45. The molecule has 0 saturated carbocycles. The van der Waals surface area contributed by atoms with Crippen LogP contribution in [-0.4, -0.2) is 4.98 Å². The van der Waals surface area contributed by atoms with Crippen molar-refractivity contribution < 1.29 is 2.74 Å². The van der Waals surface area contributed by atoms with Gasteiger partial charge in [0.05, 0.1) is 11.4 Å². The van der Waals surface area contributed by atoms with E-state index in [0.717, 1.165) is 31.7 Å². The first kappa shape index (κ1) is 27.4. The van der Waals surface area contributed by atoms with E-state index >= 15 is 0 Å². The Morgan fingerprint density at radius 3 is 2.44 bits per heavy atom. The molecule has 0 fully saturated rings. The fraction of sp³-hybridized carbons (Fsp3) is 0.152. The molecule has 1 unspecified atom stereocenters. The Morgan fingerprint density at radius 2 is 1.56 bits per heavy atom. The average molecular weight is 666 g/mol. The van der Waals surface area contributed by atoms with Crippen molar-refractivity contribution in [2.75, 3.05) is 10.2 Å². The van der Waals surface area contributed by atoms with Gasteiger partial charge in [0.25, 0.3) is 0 Å². The molecule has 3 nitrogen and oxygen atoms in total. The van der Waals surface area contributed by atoms with Gasteiger partial charge in [-0.1, -0.05) is 117 Å². The Morgan fingerprint density at radius 1 is 0.780 bits per heavy atom. The van der Waals surface area contributed by atoms with Gasteiger partial charge in [-0.2, -0.15) is 0 Å². The molecular weight excluding hydrogens is 627 g/mol. The fourth-order valence-electron chi connectivity index (χ4n) is 8.83. The molecule has 2 aliphatic rings. The molecule has 50 heavy (non-hydrogen) atoms. The van der Waals surface area contributed by atoms with Crippen LogP contribution >= 0.6 is 11.3 Å². The third kappa shape index (κ3) is 4.18. The van der Waals surface area contributed by atoms with Gasteiger partial charge in [0.2, 0.25) is 0 Å². The lowest BCUT2D eigenvalue weighted by Gasteiger charge is -2.33. The van der Waals surface area contributed by atoms with Crippen LogP contribution in [0, 0.1) is 13.8 Å². The minimum absolute atomic E-state index is 0.132. The number of aromatic nitrogens is 1. The highest BCUT2D eigenvalue weighted by molar-refractivity contribution is 7.25. The Labute approximate surface area is 299 Å². The van der Waals surface area contributed by atoms with Crippen molar-refractivity contribution >= 4 is 59.5 Å². The van der Waals surface area contributed by atoms with Crippen LogP contribution in [0.15, 0.2) is 127 Å². The van der Waals surface area contributed by atoms with Gasteiger partial charge in [0.1, 0.15) is 11.0 Å². The van der Waals surface area contributed by atoms with Gasteiger partial charge in [0, 0.05) is 52.3 Å². The largest absolute Gasteiger partial charge is 0.359 e. The van der Waals surface area contributed by atoms with Gasteiger partial charge in [0.15, 0.2) is 0 Å². The van der Waals surface area contributed by atoms with Gasteiger partial charge in [-0.15, -0.1) is 11.3 Å².